The lowest BCUT2D eigenvalue weighted by molar-refractivity contribution is -0.116. The minimum atomic E-state index is -1.17. The van der Waals surface area contributed by atoms with Crippen LogP contribution in [0.3, 0.4) is 0 Å². The lowest BCUT2D eigenvalue weighted by Gasteiger charge is -2.22. The van der Waals surface area contributed by atoms with Crippen molar-refractivity contribution in [3.63, 3.8) is 0 Å². The molecule has 0 unspecified atom stereocenters. The molecule has 0 aliphatic heterocycles. The van der Waals surface area contributed by atoms with Crippen molar-refractivity contribution >= 4 is 41.2 Å². The number of carboxylic acids is 1. The van der Waals surface area contributed by atoms with E-state index in [1.54, 1.807) is 45.0 Å². The van der Waals surface area contributed by atoms with Gasteiger partial charge < -0.3 is 20.5 Å². The molecule has 0 atom stereocenters. The Bertz CT molecular complexity index is 1330. The van der Waals surface area contributed by atoms with Crippen molar-refractivity contribution in [1.29, 1.82) is 0 Å². The summed E-state index contributed by atoms with van der Waals surface area (Å²) in [6.07, 6.45) is 1.16. The number of unbranched alkanes of at least 4 members (excludes halogenated alkanes) is 1. The average molecular weight is 549 g/mol. The van der Waals surface area contributed by atoms with Crippen LogP contribution in [-0.4, -0.2) is 41.0 Å². The van der Waals surface area contributed by atoms with Crippen molar-refractivity contribution < 1.29 is 29.0 Å². The van der Waals surface area contributed by atoms with Crippen molar-refractivity contribution in [2.75, 3.05) is 11.9 Å². The van der Waals surface area contributed by atoms with Gasteiger partial charge in [-0.3, -0.25) is 9.59 Å². The van der Waals surface area contributed by atoms with Crippen LogP contribution in [0.25, 0.3) is 0 Å². The molecule has 0 radical (unpaired) electrons. The molecule has 3 N–H and O–H groups in total. The van der Waals surface area contributed by atoms with E-state index in [1.807, 2.05) is 36.4 Å². The molecule has 9 heteroatoms. The highest BCUT2D eigenvalue weighted by Gasteiger charge is 2.24. The third-order valence-corrected chi connectivity index (χ3v) is 6.46. The summed E-state index contributed by atoms with van der Waals surface area (Å²) in [6.45, 7) is 5.64. The van der Waals surface area contributed by atoms with E-state index in [2.05, 4.69) is 10.6 Å². The molecule has 0 saturated carbocycles. The van der Waals surface area contributed by atoms with E-state index in [0.29, 0.717) is 29.0 Å². The maximum absolute atomic E-state index is 13.2. The summed E-state index contributed by atoms with van der Waals surface area (Å²) >= 11 is 1.41. The molecule has 0 bridgehead atoms. The summed E-state index contributed by atoms with van der Waals surface area (Å²) in [5.41, 5.74) is -0.0283. The Kier molecular flexibility index (Phi) is 10.3. The first-order chi connectivity index (χ1) is 18.5. The third kappa shape index (κ3) is 9.00. The van der Waals surface area contributed by atoms with Crippen LogP contribution in [0.4, 0.5) is 5.69 Å². The van der Waals surface area contributed by atoms with Crippen molar-refractivity contribution in [2.45, 2.75) is 55.4 Å². The van der Waals surface area contributed by atoms with Gasteiger partial charge in [-0.05, 0) is 70.0 Å². The highest BCUT2D eigenvalue weighted by atomic mass is 32.2. The summed E-state index contributed by atoms with van der Waals surface area (Å²) in [4.78, 5) is 51.2. The summed E-state index contributed by atoms with van der Waals surface area (Å²) in [5, 5.41) is 14.8. The maximum Gasteiger partial charge on any atom is 0.341 e. The molecule has 0 heterocycles. The van der Waals surface area contributed by atoms with Crippen molar-refractivity contribution in [3.8, 4) is 0 Å². The number of nitrogens with one attached hydrogen (secondary N) is 2. The van der Waals surface area contributed by atoms with Gasteiger partial charge in [-0.1, -0.05) is 48.2 Å². The Hall–Kier alpha value is -4.11. The van der Waals surface area contributed by atoms with Crippen LogP contribution in [0.5, 0.6) is 0 Å². The monoisotopic (exact) mass is 548 g/mol. The number of benzene rings is 3. The van der Waals surface area contributed by atoms with E-state index in [0.717, 1.165) is 4.90 Å². The molecule has 0 aliphatic carbocycles. The highest BCUT2D eigenvalue weighted by molar-refractivity contribution is 7.99. The number of hydrogen-bond donors (Lipinski definition) is 3. The topological polar surface area (TPSA) is 122 Å². The van der Waals surface area contributed by atoms with E-state index in [4.69, 9.17) is 4.74 Å². The lowest BCUT2D eigenvalue weighted by Crippen LogP contribution is -2.26. The van der Waals surface area contributed by atoms with Gasteiger partial charge in [-0.2, -0.15) is 0 Å². The number of amides is 2. The van der Waals surface area contributed by atoms with Gasteiger partial charge >= 0.3 is 11.9 Å². The van der Waals surface area contributed by atoms with Gasteiger partial charge in [-0.15, -0.1) is 0 Å². The summed E-state index contributed by atoms with van der Waals surface area (Å²) < 4.78 is 5.64. The fourth-order valence-electron chi connectivity index (χ4n) is 3.66. The lowest BCUT2D eigenvalue weighted by atomic mass is 10.1. The van der Waals surface area contributed by atoms with Crippen LogP contribution in [-0.2, 0) is 9.53 Å². The first-order valence-electron chi connectivity index (χ1n) is 12.5. The molecule has 3 aromatic rings. The Labute approximate surface area is 232 Å². The number of aromatic carboxylic acids is 1. The molecule has 8 nitrogen and oxygen atoms in total. The van der Waals surface area contributed by atoms with Gasteiger partial charge in [0.2, 0.25) is 5.91 Å². The van der Waals surface area contributed by atoms with Gasteiger partial charge in [0.15, 0.2) is 0 Å². The Morgan fingerprint density at radius 1 is 0.846 bits per heavy atom. The van der Waals surface area contributed by atoms with E-state index < -0.39 is 23.4 Å². The van der Waals surface area contributed by atoms with Crippen molar-refractivity contribution in [3.05, 3.63) is 89.5 Å². The van der Waals surface area contributed by atoms with E-state index >= 15 is 0 Å². The molecule has 0 saturated heterocycles. The van der Waals surface area contributed by atoms with Crippen LogP contribution in [0.1, 0.15) is 71.1 Å². The zero-order valence-corrected chi connectivity index (χ0v) is 23.0. The highest BCUT2D eigenvalue weighted by Crippen LogP contribution is 2.35. The van der Waals surface area contributed by atoms with Gasteiger partial charge in [0.05, 0.1) is 22.4 Å². The van der Waals surface area contributed by atoms with E-state index in [1.165, 1.54) is 23.9 Å². The zero-order valence-electron chi connectivity index (χ0n) is 22.2. The van der Waals surface area contributed by atoms with Crippen LogP contribution in [0.2, 0.25) is 0 Å². The molecular formula is C30H32N2O6S. The fourth-order valence-corrected chi connectivity index (χ4v) is 4.65. The molecule has 39 heavy (non-hydrogen) atoms. The quantitative estimate of drug-likeness (QED) is 0.198. The fraction of sp³-hybridized carbons (Fsp3) is 0.267. The minimum Gasteiger partial charge on any atom is -0.478 e. The summed E-state index contributed by atoms with van der Waals surface area (Å²) in [6, 6.07) is 20.9. The summed E-state index contributed by atoms with van der Waals surface area (Å²) in [7, 11) is 0. The zero-order chi connectivity index (χ0) is 28.4. The average Bonchev–Trinajstić information content (AvgIpc) is 2.88. The van der Waals surface area contributed by atoms with Gasteiger partial charge in [0.25, 0.3) is 5.91 Å². The number of carbonyl (C=O) groups is 4. The second-order valence-electron chi connectivity index (χ2n) is 9.71. The van der Waals surface area contributed by atoms with Crippen molar-refractivity contribution in [2.24, 2.45) is 0 Å². The number of ether oxygens (including phenoxy) is 1. The van der Waals surface area contributed by atoms with Gasteiger partial charge in [0, 0.05) is 22.8 Å². The molecule has 3 rings (SSSR count). The van der Waals surface area contributed by atoms with Crippen LogP contribution >= 0.6 is 11.8 Å². The molecule has 0 spiro atoms. The number of carboxylic acid groups (broad SMARTS) is 1. The molecular weight excluding hydrogens is 516 g/mol. The SMILES string of the molecule is CC(C)(C)OC(=O)c1c(NC(=O)CCCCNC(=O)c2ccccc2C(=O)O)cccc1Sc1ccccc1. The van der Waals surface area contributed by atoms with Gasteiger partial charge in [0.1, 0.15) is 5.60 Å². The normalized spacial score (nSPS) is 10.9. The molecule has 204 valence electrons. The minimum absolute atomic E-state index is 0.0668. The van der Waals surface area contributed by atoms with E-state index in [-0.39, 0.29) is 30.0 Å². The Morgan fingerprint density at radius 3 is 2.18 bits per heavy atom. The maximum atomic E-state index is 13.2. The Balaban J connectivity index is 1.61. The third-order valence-electron chi connectivity index (χ3n) is 5.39. The predicted molar refractivity (Wildman–Crippen MR) is 150 cm³/mol. The standard InChI is InChI=1S/C30H32N2O6S/c1-30(2,3)38-29(37)26-23(16-11-17-24(26)39-20-12-5-4-6-13-20)32-25(33)18-9-10-19-31-27(34)21-14-7-8-15-22(21)28(35)36/h4-8,11-17H,9-10,18-19H2,1-3H3,(H,31,34)(H,32,33)(H,35,36). The van der Waals surface area contributed by atoms with Crippen LogP contribution in [0, 0.1) is 0 Å². The first-order valence-corrected chi connectivity index (χ1v) is 13.4. The number of hydrogen-bond acceptors (Lipinski definition) is 6. The van der Waals surface area contributed by atoms with Crippen LogP contribution in [0.15, 0.2) is 82.6 Å². The van der Waals surface area contributed by atoms with E-state index in [9.17, 15) is 24.3 Å². The Morgan fingerprint density at radius 2 is 1.51 bits per heavy atom. The predicted octanol–water partition coefficient (Wildman–Crippen LogP) is 6.03. The molecule has 2 amide bonds. The molecule has 0 fully saturated rings. The molecule has 0 aliphatic rings. The number of anilines is 1. The number of esters is 1. The molecule has 0 aromatic heterocycles. The number of rotatable bonds is 11. The second-order valence-corrected chi connectivity index (χ2v) is 10.8. The molecule has 3 aromatic carbocycles. The summed E-state index contributed by atoms with van der Waals surface area (Å²) in [5.74, 6) is -2.45. The van der Waals surface area contributed by atoms with Crippen molar-refractivity contribution in [1.82, 2.24) is 5.32 Å². The first kappa shape index (κ1) is 29.4. The largest absolute Gasteiger partial charge is 0.478 e. The second kappa shape index (κ2) is 13.6. The smallest absolute Gasteiger partial charge is 0.341 e. The number of carbonyl (C=O) groups excluding carboxylic acids is 3. The van der Waals surface area contributed by atoms with Crippen LogP contribution < -0.4 is 10.6 Å². The van der Waals surface area contributed by atoms with Gasteiger partial charge in [-0.25, -0.2) is 9.59 Å².